The van der Waals surface area contributed by atoms with Crippen LogP contribution in [-0.4, -0.2) is 33.7 Å². The Morgan fingerprint density at radius 2 is 2.03 bits per heavy atom. The molecule has 4 rings (SSSR count). The topological polar surface area (TPSA) is 140 Å². The molecule has 0 radical (unpaired) electrons. The standard InChI is InChI=1S/C20H23N7O2S/c21-8-1-11-30(28,29)25-13-18-26-17-12-24-20-16(7-10-23-20)19(17)27(18)15-4-2-14(3-5-15)6-9-22/h7,10,12,14-15,25H,1-6,11,13H2,(H,23,24)/t14-,15-. The van der Waals surface area contributed by atoms with E-state index in [1.807, 2.05) is 18.3 Å². The van der Waals surface area contributed by atoms with Crippen molar-refractivity contribution in [2.24, 2.45) is 5.92 Å². The molecule has 0 aliphatic heterocycles. The summed E-state index contributed by atoms with van der Waals surface area (Å²) in [6, 6.07) is 6.28. The maximum atomic E-state index is 12.2. The molecule has 0 spiro atoms. The number of aromatic amines is 1. The van der Waals surface area contributed by atoms with Crippen molar-refractivity contribution in [2.75, 3.05) is 5.75 Å². The summed E-state index contributed by atoms with van der Waals surface area (Å²) in [5.74, 6) is 0.833. The third-order valence-corrected chi connectivity index (χ3v) is 7.13. The number of pyridine rings is 1. The Bertz CT molecular complexity index is 1240. The first-order chi connectivity index (χ1) is 14.5. The van der Waals surface area contributed by atoms with Crippen LogP contribution in [0.5, 0.6) is 0 Å². The van der Waals surface area contributed by atoms with Crippen molar-refractivity contribution in [2.45, 2.75) is 51.1 Å². The smallest absolute Gasteiger partial charge is 0.213 e. The molecule has 1 aliphatic rings. The van der Waals surface area contributed by atoms with E-state index in [1.54, 1.807) is 6.20 Å². The number of H-pyrrole nitrogens is 1. The van der Waals surface area contributed by atoms with E-state index in [2.05, 4.69) is 25.3 Å². The molecule has 0 aromatic carbocycles. The molecule has 156 valence electrons. The number of nitrogens with zero attached hydrogens (tertiary/aromatic N) is 5. The molecule has 0 saturated heterocycles. The molecule has 30 heavy (non-hydrogen) atoms. The molecular weight excluding hydrogens is 402 g/mol. The van der Waals surface area contributed by atoms with Crippen LogP contribution >= 0.6 is 0 Å². The summed E-state index contributed by atoms with van der Waals surface area (Å²) in [4.78, 5) is 12.2. The van der Waals surface area contributed by atoms with Gasteiger partial charge in [0.15, 0.2) is 0 Å². The summed E-state index contributed by atoms with van der Waals surface area (Å²) in [6.07, 6.45) is 7.83. The molecule has 1 aliphatic carbocycles. The van der Waals surface area contributed by atoms with Crippen LogP contribution in [0.2, 0.25) is 0 Å². The number of imidazole rings is 1. The van der Waals surface area contributed by atoms with Crippen LogP contribution in [0.1, 0.15) is 50.4 Å². The Balaban J connectivity index is 1.70. The van der Waals surface area contributed by atoms with Gasteiger partial charge in [0.2, 0.25) is 10.0 Å². The number of sulfonamides is 1. The lowest BCUT2D eigenvalue weighted by Gasteiger charge is -2.30. The van der Waals surface area contributed by atoms with Gasteiger partial charge in [0.1, 0.15) is 17.0 Å². The summed E-state index contributed by atoms with van der Waals surface area (Å²) >= 11 is 0. The summed E-state index contributed by atoms with van der Waals surface area (Å²) in [6.45, 7) is 0.0620. The number of aromatic nitrogens is 4. The van der Waals surface area contributed by atoms with Gasteiger partial charge in [-0.1, -0.05) is 0 Å². The van der Waals surface area contributed by atoms with E-state index in [1.165, 1.54) is 0 Å². The van der Waals surface area contributed by atoms with Gasteiger partial charge in [-0.05, 0) is 37.7 Å². The SMILES string of the molecule is N#CCCS(=O)(=O)NCc1nc2cnc3[nH]ccc3c2n1[C@H]1CC[C@H](CC#N)CC1. The van der Waals surface area contributed by atoms with Gasteiger partial charge in [-0.25, -0.2) is 23.1 Å². The fourth-order valence-electron chi connectivity index (χ4n) is 4.32. The van der Waals surface area contributed by atoms with Crippen molar-refractivity contribution in [3.05, 3.63) is 24.3 Å². The van der Waals surface area contributed by atoms with Crippen LogP contribution in [0.3, 0.4) is 0 Å². The lowest BCUT2D eigenvalue weighted by Crippen LogP contribution is -2.28. The monoisotopic (exact) mass is 425 g/mol. The lowest BCUT2D eigenvalue weighted by molar-refractivity contribution is 0.277. The van der Waals surface area contributed by atoms with Crippen molar-refractivity contribution in [3.63, 3.8) is 0 Å². The number of rotatable bonds is 7. The predicted molar refractivity (Wildman–Crippen MR) is 111 cm³/mol. The maximum Gasteiger partial charge on any atom is 0.213 e. The zero-order valence-electron chi connectivity index (χ0n) is 16.5. The van der Waals surface area contributed by atoms with Gasteiger partial charge < -0.3 is 9.55 Å². The number of nitrogens with one attached hydrogen (secondary N) is 2. The number of nitriles is 2. The summed E-state index contributed by atoms with van der Waals surface area (Å²) in [7, 11) is -3.56. The summed E-state index contributed by atoms with van der Waals surface area (Å²) in [5.41, 5.74) is 2.45. The predicted octanol–water partition coefficient (Wildman–Crippen LogP) is 2.89. The van der Waals surface area contributed by atoms with Gasteiger partial charge in [-0.15, -0.1) is 0 Å². The van der Waals surface area contributed by atoms with Crippen LogP contribution in [0.4, 0.5) is 0 Å². The zero-order chi connectivity index (χ0) is 21.1. The molecule has 1 saturated carbocycles. The molecule has 3 aromatic rings. The summed E-state index contributed by atoms with van der Waals surface area (Å²) < 4.78 is 29.2. The molecule has 10 heteroatoms. The highest BCUT2D eigenvalue weighted by Gasteiger charge is 2.27. The highest BCUT2D eigenvalue weighted by atomic mass is 32.2. The van der Waals surface area contributed by atoms with Gasteiger partial charge in [0, 0.05) is 24.0 Å². The van der Waals surface area contributed by atoms with Gasteiger partial charge in [0.25, 0.3) is 0 Å². The van der Waals surface area contributed by atoms with Crippen molar-refractivity contribution in [1.82, 2.24) is 24.2 Å². The fourth-order valence-corrected chi connectivity index (χ4v) is 5.17. The van der Waals surface area contributed by atoms with E-state index < -0.39 is 10.0 Å². The van der Waals surface area contributed by atoms with Crippen LogP contribution in [0.25, 0.3) is 22.1 Å². The fraction of sp³-hybridized carbons (Fsp3) is 0.500. The van der Waals surface area contributed by atoms with Crippen molar-refractivity contribution >= 4 is 32.1 Å². The molecule has 9 nitrogen and oxygen atoms in total. The third-order valence-electron chi connectivity index (χ3n) is 5.80. The van der Waals surface area contributed by atoms with Crippen LogP contribution < -0.4 is 4.72 Å². The highest BCUT2D eigenvalue weighted by molar-refractivity contribution is 7.89. The van der Waals surface area contributed by atoms with Crippen LogP contribution in [0, 0.1) is 28.6 Å². The van der Waals surface area contributed by atoms with Gasteiger partial charge in [-0.2, -0.15) is 10.5 Å². The van der Waals surface area contributed by atoms with Gasteiger partial charge >= 0.3 is 0 Å². The van der Waals surface area contributed by atoms with Crippen LogP contribution in [0.15, 0.2) is 18.5 Å². The van der Waals surface area contributed by atoms with E-state index in [-0.39, 0.29) is 24.8 Å². The number of hydrogen-bond acceptors (Lipinski definition) is 6. The first-order valence-electron chi connectivity index (χ1n) is 10.1. The van der Waals surface area contributed by atoms with Gasteiger partial charge in [-0.3, -0.25) is 0 Å². The number of fused-ring (bicyclic) bond motifs is 3. The quantitative estimate of drug-likeness (QED) is 0.596. The maximum absolute atomic E-state index is 12.2. The minimum Gasteiger partial charge on any atom is -0.346 e. The van der Waals surface area contributed by atoms with E-state index >= 15 is 0 Å². The molecule has 0 amide bonds. The second kappa shape index (κ2) is 8.42. The summed E-state index contributed by atoms with van der Waals surface area (Å²) in [5, 5.41) is 18.6. The van der Waals surface area contributed by atoms with E-state index in [0.717, 1.165) is 47.8 Å². The molecular formula is C20H23N7O2S. The van der Waals surface area contributed by atoms with Crippen LogP contribution in [-0.2, 0) is 16.6 Å². The Kier molecular flexibility index (Phi) is 5.71. The molecule has 1 fully saturated rings. The van der Waals surface area contributed by atoms with E-state index in [0.29, 0.717) is 18.2 Å². The average Bonchev–Trinajstić information content (AvgIpc) is 3.35. The average molecular weight is 426 g/mol. The van der Waals surface area contributed by atoms with E-state index in [9.17, 15) is 8.42 Å². The Labute approximate surface area is 174 Å². The second-order valence-electron chi connectivity index (χ2n) is 7.71. The van der Waals surface area contributed by atoms with Crippen molar-refractivity contribution in [1.29, 1.82) is 10.5 Å². The minimum atomic E-state index is -3.56. The normalized spacial score (nSPS) is 19.7. The molecule has 0 unspecified atom stereocenters. The first-order valence-corrected chi connectivity index (χ1v) is 11.7. The first kappa shape index (κ1) is 20.3. The third kappa shape index (κ3) is 4.02. The second-order valence-corrected chi connectivity index (χ2v) is 9.64. The van der Waals surface area contributed by atoms with E-state index in [4.69, 9.17) is 15.5 Å². The largest absolute Gasteiger partial charge is 0.346 e. The Hall–Kier alpha value is -2.95. The molecule has 2 N–H and O–H groups in total. The van der Waals surface area contributed by atoms with Crippen molar-refractivity contribution < 1.29 is 8.42 Å². The molecule has 0 atom stereocenters. The number of hydrogen-bond donors (Lipinski definition) is 2. The minimum absolute atomic E-state index is 0.0530. The highest BCUT2D eigenvalue weighted by Crippen LogP contribution is 2.37. The molecule has 3 aromatic heterocycles. The Morgan fingerprint density at radius 3 is 2.77 bits per heavy atom. The zero-order valence-corrected chi connectivity index (χ0v) is 17.3. The Morgan fingerprint density at radius 1 is 1.23 bits per heavy atom. The lowest BCUT2D eigenvalue weighted by atomic mass is 9.84. The van der Waals surface area contributed by atoms with Gasteiger partial charge in [0.05, 0.1) is 42.6 Å². The molecule has 3 heterocycles. The van der Waals surface area contributed by atoms with Crippen molar-refractivity contribution in [3.8, 4) is 12.1 Å². The molecule has 0 bridgehead atoms.